The molecule has 0 amide bonds. The number of aromatic nitrogens is 2. The van der Waals surface area contributed by atoms with Gasteiger partial charge < -0.3 is 0 Å². The topological polar surface area (TPSA) is 52.0 Å². The highest BCUT2D eigenvalue weighted by molar-refractivity contribution is 8.00. The number of benzene rings is 1. The van der Waals surface area contributed by atoms with Gasteiger partial charge in [0.25, 0.3) is 5.56 Å². The van der Waals surface area contributed by atoms with E-state index < -0.39 is 0 Å². The van der Waals surface area contributed by atoms with E-state index >= 15 is 0 Å². The van der Waals surface area contributed by atoms with Crippen LogP contribution in [-0.4, -0.2) is 20.6 Å². The molecule has 140 valence electrons. The summed E-state index contributed by atoms with van der Waals surface area (Å²) in [4.78, 5) is 32.9. The van der Waals surface area contributed by atoms with Gasteiger partial charge in [0.2, 0.25) is 0 Å². The van der Waals surface area contributed by atoms with Crippen LogP contribution in [0.3, 0.4) is 0 Å². The zero-order valence-corrected chi connectivity index (χ0v) is 17.2. The predicted molar refractivity (Wildman–Crippen MR) is 112 cm³/mol. The molecule has 0 saturated heterocycles. The number of carbonyl (C=O) groups excluding carboxylic acids is 1. The minimum Gasteiger partial charge on any atom is -0.293 e. The van der Waals surface area contributed by atoms with Gasteiger partial charge in [0.15, 0.2) is 10.9 Å². The molecule has 0 aliphatic heterocycles. The van der Waals surface area contributed by atoms with Crippen molar-refractivity contribution in [2.45, 2.75) is 56.5 Å². The second-order valence-corrected chi connectivity index (χ2v) is 9.22. The van der Waals surface area contributed by atoms with Crippen LogP contribution in [0.1, 0.15) is 47.5 Å². The summed E-state index contributed by atoms with van der Waals surface area (Å²) in [5, 5.41) is 1.15. The molecule has 6 heteroatoms. The average Bonchev–Trinajstić information content (AvgIpc) is 3.06. The van der Waals surface area contributed by atoms with Crippen LogP contribution in [0.25, 0.3) is 10.2 Å². The SMILES string of the molecule is CCn1c(SC(C)C(=O)c2ccccc2)nc2sc3c(c2c1=O)CCCC3. The van der Waals surface area contributed by atoms with Crippen LogP contribution in [0.4, 0.5) is 0 Å². The molecule has 1 unspecified atom stereocenters. The van der Waals surface area contributed by atoms with E-state index in [9.17, 15) is 9.59 Å². The van der Waals surface area contributed by atoms with Crippen molar-refractivity contribution in [1.82, 2.24) is 9.55 Å². The van der Waals surface area contributed by atoms with Gasteiger partial charge in [-0.25, -0.2) is 4.98 Å². The quantitative estimate of drug-likeness (QED) is 0.354. The second-order valence-electron chi connectivity index (χ2n) is 6.83. The molecular weight excluding hydrogens is 376 g/mol. The Hall–Kier alpha value is -1.92. The zero-order valence-electron chi connectivity index (χ0n) is 15.5. The molecule has 3 aromatic rings. The lowest BCUT2D eigenvalue weighted by Crippen LogP contribution is -2.24. The van der Waals surface area contributed by atoms with E-state index in [0.29, 0.717) is 17.3 Å². The normalized spacial score (nSPS) is 14.9. The third-order valence-electron chi connectivity index (χ3n) is 5.07. The fourth-order valence-electron chi connectivity index (χ4n) is 3.64. The Morgan fingerprint density at radius 2 is 2.00 bits per heavy atom. The highest BCUT2D eigenvalue weighted by atomic mass is 32.2. The first-order chi connectivity index (χ1) is 13.1. The number of ketones is 1. The fourth-order valence-corrected chi connectivity index (χ4v) is 5.99. The monoisotopic (exact) mass is 398 g/mol. The number of carbonyl (C=O) groups is 1. The minimum atomic E-state index is -0.302. The zero-order chi connectivity index (χ0) is 19.0. The van der Waals surface area contributed by atoms with Gasteiger partial charge in [-0.15, -0.1) is 11.3 Å². The van der Waals surface area contributed by atoms with E-state index in [2.05, 4.69) is 0 Å². The Morgan fingerprint density at radius 1 is 1.26 bits per heavy atom. The van der Waals surface area contributed by atoms with Crippen molar-refractivity contribution >= 4 is 39.1 Å². The van der Waals surface area contributed by atoms with Gasteiger partial charge in [0.05, 0.1) is 10.6 Å². The second kappa shape index (κ2) is 7.60. The van der Waals surface area contributed by atoms with Gasteiger partial charge in [0.1, 0.15) is 4.83 Å². The first-order valence-corrected chi connectivity index (χ1v) is 11.1. The van der Waals surface area contributed by atoms with Crippen LogP contribution >= 0.6 is 23.1 Å². The lowest BCUT2D eigenvalue weighted by atomic mass is 9.97. The van der Waals surface area contributed by atoms with Crippen molar-refractivity contribution < 1.29 is 4.79 Å². The molecule has 1 aliphatic rings. The largest absolute Gasteiger partial charge is 0.293 e. The Labute approximate surface area is 166 Å². The lowest BCUT2D eigenvalue weighted by molar-refractivity contribution is 0.0994. The molecule has 2 heterocycles. The fraction of sp³-hybridized carbons (Fsp3) is 0.381. The lowest BCUT2D eigenvalue weighted by Gasteiger charge is -2.14. The number of Topliss-reactive ketones (excluding diaryl/α,β-unsaturated/α-hetero) is 1. The summed E-state index contributed by atoms with van der Waals surface area (Å²) in [6, 6.07) is 9.30. The van der Waals surface area contributed by atoms with Crippen LogP contribution in [0, 0.1) is 0 Å². The van der Waals surface area contributed by atoms with Crippen molar-refractivity contribution in [1.29, 1.82) is 0 Å². The molecule has 0 radical (unpaired) electrons. The molecule has 1 atom stereocenters. The van der Waals surface area contributed by atoms with Gasteiger partial charge in [-0.2, -0.15) is 0 Å². The molecule has 0 saturated carbocycles. The summed E-state index contributed by atoms with van der Waals surface area (Å²) in [6.45, 7) is 4.40. The van der Waals surface area contributed by atoms with Crippen LogP contribution in [-0.2, 0) is 19.4 Å². The molecule has 0 N–H and O–H groups in total. The van der Waals surface area contributed by atoms with Crippen LogP contribution < -0.4 is 5.56 Å². The van der Waals surface area contributed by atoms with E-state index in [-0.39, 0.29) is 16.6 Å². The van der Waals surface area contributed by atoms with Crippen LogP contribution in [0.2, 0.25) is 0 Å². The van der Waals surface area contributed by atoms with Gasteiger partial charge >= 0.3 is 0 Å². The van der Waals surface area contributed by atoms with Gasteiger partial charge in [-0.3, -0.25) is 14.2 Å². The molecule has 0 spiro atoms. The summed E-state index contributed by atoms with van der Waals surface area (Å²) in [5.41, 5.74) is 1.95. The number of aryl methyl sites for hydroxylation is 2. The number of hydrogen-bond acceptors (Lipinski definition) is 5. The van der Waals surface area contributed by atoms with E-state index in [1.165, 1.54) is 28.6 Å². The average molecular weight is 399 g/mol. The third kappa shape index (κ3) is 3.36. The number of thiophene rings is 1. The first kappa shape index (κ1) is 18.4. The highest BCUT2D eigenvalue weighted by Crippen LogP contribution is 2.35. The van der Waals surface area contributed by atoms with Crippen LogP contribution in [0.15, 0.2) is 40.3 Å². The third-order valence-corrected chi connectivity index (χ3v) is 7.34. The molecule has 0 bridgehead atoms. The highest BCUT2D eigenvalue weighted by Gasteiger charge is 2.24. The number of rotatable bonds is 5. The molecule has 4 rings (SSSR count). The molecule has 1 aromatic carbocycles. The molecular formula is C21H22N2O2S2. The Morgan fingerprint density at radius 3 is 2.74 bits per heavy atom. The van der Waals surface area contributed by atoms with E-state index in [0.717, 1.165) is 29.5 Å². The molecule has 1 aliphatic carbocycles. The van der Waals surface area contributed by atoms with Crippen molar-refractivity contribution in [3.05, 3.63) is 56.7 Å². The van der Waals surface area contributed by atoms with Crippen molar-refractivity contribution in [3.63, 3.8) is 0 Å². The maximum Gasteiger partial charge on any atom is 0.263 e. The van der Waals surface area contributed by atoms with Crippen LogP contribution in [0.5, 0.6) is 0 Å². The summed E-state index contributed by atoms with van der Waals surface area (Å²) in [6.07, 6.45) is 4.36. The summed E-state index contributed by atoms with van der Waals surface area (Å²) in [5.74, 6) is 0.0584. The number of thioether (sulfide) groups is 1. The number of fused-ring (bicyclic) bond motifs is 3. The van der Waals surface area contributed by atoms with Crippen molar-refractivity contribution in [2.75, 3.05) is 0 Å². The Balaban J connectivity index is 1.73. The minimum absolute atomic E-state index is 0.0451. The van der Waals surface area contributed by atoms with E-state index in [4.69, 9.17) is 4.98 Å². The smallest absolute Gasteiger partial charge is 0.263 e. The maximum absolute atomic E-state index is 13.2. The van der Waals surface area contributed by atoms with E-state index in [1.54, 1.807) is 15.9 Å². The first-order valence-electron chi connectivity index (χ1n) is 9.41. The van der Waals surface area contributed by atoms with Crippen molar-refractivity contribution in [2.24, 2.45) is 0 Å². The van der Waals surface area contributed by atoms with Crippen molar-refractivity contribution in [3.8, 4) is 0 Å². The standard InChI is InChI=1S/C21H22N2O2S2/c1-3-23-20(25)17-15-11-7-8-12-16(15)27-19(17)22-21(23)26-13(2)18(24)14-9-5-4-6-10-14/h4-6,9-10,13H,3,7-8,11-12H2,1-2H3. The number of nitrogens with zero attached hydrogens (tertiary/aromatic N) is 2. The van der Waals surface area contributed by atoms with Gasteiger partial charge in [-0.1, -0.05) is 42.1 Å². The van der Waals surface area contributed by atoms with E-state index in [1.807, 2.05) is 44.2 Å². The van der Waals surface area contributed by atoms with Gasteiger partial charge in [-0.05, 0) is 45.1 Å². The summed E-state index contributed by atoms with van der Waals surface area (Å²) in [7, 11) is 0. The molecule has 0 fully saturated rings. The molecule has 4 nitrogen and oxygen atoms in total. The Bertz CT molecular complexity index is 1050. The Kier molecular flexibility index (Phi) is 5.19. The summed E-state index contributed by atoms with van der Waals surface area (Å²) < 4.78 is 1.73. The predicted octanol–water partition coefficient (Wildman–Crippen LogP) is 4.72. The van der Waals surface area contributed by atoms with Gasteiger partial charge in [0, 0.05) is 17.0 Å². The maximum atomic E-state index is 13.2. The summed E-state index contributed by atoms with van der Waals surface area (Å²) >= 11 is 3.04. The molecule has 27 heavy (non-hydrogen) atoms. The molecule has 2 aromatic heterocycles. The number of hydrogen-bond donors (Lipinski definition) is 0.